The number of alkyl halides is 3. The Bertz CT molecular complexity index is 569. The van der Waals surface area contributed by atoms with Gasteiger partial charge in [0.05, 0.1) is 4.90 Å². The van der Waals surface area contributed by atoms with Crippen molar-refractivity contribution in [1.29, 1.82) is 0 Å². The summed E-state index contributed by atoms with van der Waals surface area (Å²) >= 11 is 0. The van der Waals surface area contributed by atoms with Crippen LogP contribution in [0.1, 0.15) is 12.8 Å². The molecule has 1 N–H and O–H groups in total. The zero-order valence-corrected chi connectivity index (χ0v) is 11.6. The smallest absolute Gasteiger partial charge is 0.360 e. The van der Waals surface area contributed by atoms with Crippen LogP contribution < -0.4 is 9.62 Å². The van der Waals surface area contributed by atoms with E-state index in [1.165, 1.54) is 36.2 Å². The van der Waals surface area contributed by atoms with E-state index in [1.54, 1.807) is 0 Å². The summed E-state index contributed by atoms with van der Waals surface area (Å²) in [4.78, 5) is 1.31. The molecule has 0 saturated carbocycles. The summed E-state index contributed by atoms with van der Waals surface area (Å²) in [6.45, 7) is 0.322. The molecule has 1 saturated heterocycles. The molecule has 0 radical (unpaired) electrons. The number of benzene rings is 1. The highest BCUT2D eigenvalue weighted by Crippen LogP contribution is 2.36. The van der Waals surface area contributed by atoms with E-state index in [2.05, 4.69) is 4.72 Å². The number of sulfonamides is 1. The van der Waals surface area contributed by atoms with E-state index in [4.69, 9.17) is 0 Å². The molecule has 1 heterocycles. The van der Waals surface area contributed by atoms with Crippen molar-refractivity contribution in [2.75, 3.05) is 18.5 Å². The van der Waals surface area contributed by atoms with E-state index in [0.29, 0.717) is 18.7 Å². The van der Waals surface area contributed by atoms with Gasteiger partial charge in [0.1, 0.15) is 6.04 Å². The lowest BCUT2D eigenvalue weighted by Crippen LogP contribution is -2.41. The van der Waals surface area contributed by atoms with Crippen LogP contribution in [-0.2, 0) is 10.0 Å². The summed E-state index contributed by atoms with van der Waals surface area (Å²) in [5, 5.41) is 0. The van der Waals surface area contributed by atoms with Gasteiger partial charge >= 0.3 is 6.18 Å². The Kier molecular flexibility index (Phi) is 3.97. The average Bonchev–Trinajstić information content (AvgIpc) is 2.88. The fraction of sp³-hybridized carbons (Fsp3) is 0.500. The highest BCUT2D eigenvalue weighted by Gasteiger charge is 2.45. The molecule has 0 aliphatic carbocycles. The van der Waals surface area contributed by atoms with Gasteiger partial charge in [0.25, 0.3) is 0 Å². The molecular formula is C12H15F3N2O2S. The van der Waals surface area contributed by atoms with Crippen molar-refractivity contribution in [2.45, 2.75) is 30.0 Å². The number of hydrogen-bond acceptors (Lipinski definition) is 3. The fourth-order valence-electron chi connectivity index (χ4n) is 2.35. The molecule has 0 unspecified atom stereocenters. The molecule has 112 valence electrons. The van der Waals surface area contributed by atoms with Gasteiger partial charge in [-0.1, -0.05) is 0 Å². The van der Waals surface area contributed by atoms with Gasteiger partial charge in [-0.25, -0.2) is 13.1 Å². The summed E-state index contributed by atoms with van der Waals surface area (Å²) in [7, 11) is -2.29. The molecule has 1 aliphatic rings. The first kappa shape index (κ1) is 15.1. The van der Waals surface area contributed by atoms with Crippen LogP contribution in [0.25, 0.3) is 0 Å². The Morgan fingerprint density at radius 3 is 2.35 bits per heavy atom. The van der Waals surface area contributed by atoms with E-state index in [0.717, 1.165) is 0 Å². The zero-order valence-electron chi connectivity index (χ0n) is 10.8. The Morgan fingerprint density at radius 2 is 1.85 bits per heavy atom. The van der Waals surface area contributed by atoms with Gasteiger partial charge in [-0.3, -0.25) is 0 Å². The Labute approximate surface area is 115 Å². The van der Waals surface area contributed by atoms with Crippen LogP contribution in [0.5, 0.6) is 0 Å². The molecule has 2 rings (SSSR count). The SMILES string of the molecule is CNS(=O)(=O)c1ccc(N2CCC[C@@H]2C(F)(F)F)cc1. The number of nitrogens with one attached hydrogen (secondary N) is 1. The normalized spacial score (nSPS) is 20.4. The minimum atomic E-state index is -4.27. The van der Waals surface area contributed by atoms with Gasteiger partial charge in [-0.05, 0) is 44.2 Å². The number of hydrogen-bond donors (Lipinski definition) is 1. The molecule has 0 aromatic heterocycles. The molecule has 8 heteroatoms. The van der Waals surface area contributed by atoms with E-state index < -0.39 is 22.2 Å². The monoisotopic (exact) mass is 308 g/mol. The molecule has 0 bridgehead atoms. The van der Waals surface area contributed by atoms with Crippen LogP contribution in [0.2, 0.25) is 0 Å². The van der Waals surface area contributed by atoms with E-state index >= 15 is 0 Å². The second-order valence-corrected chi connectivity index (χ2v) is 6.48. The highest BCUT2D eigenvalue weighted by atomic mass is 32.2. The topological polar surface area (TPSA) is 49.4 Å². The van der Waals surface area contributed by atoms with Crippen LogP contribution in [0.4, 0.5) is 18.9 Å². The lowest BCUT2D eigenvalue weighted by molar-refractivity contribution is -0.145. The van der Waals surface area contributed by atoms with Gasteiger partial charge in [-0.2, -0.15) is 13.2 Å². The van der Waals surface area contributed by atoms with Crippen LogP contribution in [0, 0.1) is 0 Å². The van der Waals surface area contributed by atoms with E-state index in [9.17, 15) is 21.6 Å². The molecule has 20 heavy (non-hydrogen) atoms. The number of anilines is 1. The zero-order chi connectivity index (χ0) is 15.0. The molecule has 1 aromatic rings. The fourth-order valence-corrected chi connectivity index (χ4v) is 3.08. The predicted molar refractivity (Wildman–Crippen MR) is 69.1 cm³/mol. The Balaban J connectivity index is 2.27. The van der Waals surface area contributed by atoms with E-state index in [-0.39, 0.29) is 11.3 Å². The molecule has 1 atom stereocenters. The van der Waals surface area contributed by atoms with Gasteiger partial charge in [-0.15, -0.1) is 0 Å². The summed E-state index contributed by atoms with van der Waals surface area (Å²) in [5.41, 5.74) is 0.389. The van der Waals surface area contributed by atoms with Crippen molar-refractivity contribution < 1.29 is 21.6 Å². The average molecular weight is 308 g/mol. The summed E-state index contributed by atoms with van der Waals surface area (Å²) in [6.07, 6.45) is -3.73. The minimum Gasteiger partial charge on any atom is -0.360 e. The van der Waals surface area contributed by atoms with Crippen molar-refractivity contribution in [3.05, 3.63) is 24.3 Å². The number of halogens is 3. The van der Waals surface area contributed by atoms with Crippen molar-refractivity contribution in [3.63, 3.8) is 0 Å². The third-order valence-corrected chi connectivity index (χ3v) is 4.81. The van der Waals surface area contributed by atoms with Crippen molar-refractivity contribution >= 4 is 15.7 Å². The molecular weight excluding hydrogens is 293 g/mol. The maximum atomic E-state index is 12.9. The van der Waals surface area contributed by atoms with Crippen molar-refractivity contribution in [1.82, 2.24) is 4.72 Å². The largest absolute Gasteiger partial charge is 0.408 e. The maximum absolute atomic E-state index is 12.9. The van der Waals surface area contributed by atoms with E-state index in [1.807, 2.05) is 0 Å². The highest BCUT2D eigenvalue weighted by molar-refractivity contribution is 7.89. The van der Waals surface area contributed by atoms with Gasteiger partial charge < -0.3 is 4.90 Å². The molecule has 0 amide bonds. The molecule has 0 spiro atoms. The number of nitrogens with zero attached hydrogens (tertiary/aromatic N) is 1. The molecule has 1 aromatic carbocycles. The predicted octanol–water partition coefficient (Wildman–Crippen LogP) is 2.13. The van der Waals surface area contributed by atoms with Crippen LogP contribution in [-0.4, -0.2) is 34.2 Å². The summed E-state index contributed by atoms with van der Waals surface area (Å²) in [6, 6.07) is 3.96. The first-order chi connectivity index (χ1) is 9.25. The molecule has 1 fully saturated rings. The van der Waals surface area contributed by atoms with Crippen LogP contribution >= 0.6 is 0 Å². The second-order valence-electron chi connectivity index (χ2n) is 4.59. The quantitative estimate of drug-likeness (QED) is 0.930. The third kappa shape index (κ3) is 2.90. The number of rotatable bonds is 3. The van der Waals surface area contributed by atoms with Gasteiger partial charge in [0, 0.05) is 12.2 Å². The first-order valence-electron chi connectivity index (χ1n) is 6.12. The van der Waals surface area contributed by atoms with Gasteiger partial charge in [0.2, 0.25) is 10.0 Å². The molecule has 1 aliphatic heterocycles. The lowest BCUT2D eigenvalue weighted by atomic mass is 10.2. The lowest BCUT2D eigenvalue weighted by Gasteiger charge is -2.28. The second kappa shape index (κ2) is 5.25. The van der Waals surface area contributed by atoms with Crippen molar-refractivity contribution in [3.8, 4) is 0 Å². The Morgan fingerprint density at radius 1 is 1.25 bits per heavy atom. The Hall–Kier alpha value is -1.28. The van der Waals surface area contributed by atoms with Crippen LogP contribution in [0.15, 0.2) is 29.2 Å². The molecule has 4 nitrogen and oxygen atoms in total. The first-order valence-corrected chi connectivity index (χ1v) is 7.61. The standard InChI is InChI=1S/C12H15F3N2O2S/c1-16-20(18,19)10-6-4-9(5-7-10)17-8-2-3-11(17)12(13,14)15/h4-7,11,16H,2-3,8H2,1H3/t11-/m1/s1. The van der Waals surface area contributed by atoms with Crippen LogP contribution in [0.3, 0.4) is 0 Å². The summed E-state index contributed by atoms with van der Waals surface area (Å²) < 4.78 is 63.9. The third-order valence-electron chi connectivity index (χ3n) is 3.38. The van der Waals surface area contributed by atoms with Crippen molar-refractivity contribution in [2.24, 2.45) is 0 Å². The summed E-state index contributed by atoms with van der Waals surface area (Å²) in [5.74, 6) is 0. The minimum absolute atomic E-state index is 0.0338. The maximum Gasteiger partial charge on any atom is 0.408 e. The van der Waals surface area contributed by atoms with Gasteiger partial charge in [0.15, 0.2) is 0 Å².